The molecule has 0 atom stereocenters. The summed E-state index contributed by atoms with van der Waals surface area (Å²) in [6, 6.07) is 0. The summed E-state index contributed by atoms with van der Waals surface area (Å²) < 4.78 is 28.6. The van der Waals surface area contributed by atoms with Crippen LogP contribution in [0.1, 0.15) is 6.42 Å². The molecule has 0 amide bonds. The molecule has 0 aliphatic carbocycles. The van der Waals surface area contributed by atoms with Crippen molar-refractivity contribution in [2.75, 3.05) is 26.4 Å². The fourth-order valence-electron chi connectivity index (χ4n) is 0.563. The van der Waals surface area contributed by atoms with Crippen molar-refractivity contribution in [3.8, 4) is 0 Å². The SMILES string of the molecule is CN(C)CCCS(=O)(=O)O.[NaH]. The van der Waals surface area contributed by atoms with Crippen molar-refractivity contribution in [3.63, 3.8) is 0 Å². The predicted octanol–water partition coefficient (Wildman–Crippen LogP) is -0.823. The van der Waals surface area contributed by atoms with Crippen molar-refractivity contribution in [1.29, 1.82) is 0 Å². The molecule has 0 saturated heterocycles. The van der Waals surface area contributed by atoms with E-state index in [1.807, 2.05) is 19.0 Å². The fraction of sp³-hybridized carbons (Fsp3) is 1.00. The van der Waals surface area contributed by atoms with Crippen LogP contribution in [0.3, 0.4) is 0 Å². The quantitative estimate of drug-likeness (QED) is 0.466. The number of hydrogen-bond acceptors (Lipinski definition) is 3. The molecule has 0 fully saturated rings. The third-order valence-corrected chi connectivity index (χ3v) is 1.81. The van der Waals surface area contributed by atoms with Gasteiger partial charge in [0.05, 0.1) is 5.75 Å². The number of nitrogens with zero attached hydrogens (tertiary/aromatic N) is 1. The first-order valence-corrected chi connectivity index (χ1v) is 4.62. The topological polar surface area (TPSA) is 57.6 Å². The summed E-state index contributed by atoms with van der Waals surface area (Å²) in [5.41, 5.74) is 0. The zero-order valence-electron chi connectivity index (χ0n) is 6.24. The summed E-state index contributed by atoms with van der Waals surface area (Å²) in [5.74, 6) is -0.148. The molecule has 1 N–H and O–H groups in total. The molecule has 0 aromatic heterocycles. The van der Waals surface area contributed by atoms with Crippen molar-refractivity contribution < 1.29 is 13.0 Å². The number of rotatable bonds is 4. The second-order valence-corrected chi connectivity index (χ2v) is 4.01. The van der Waals surface area contributed by atoms with Gasteiger partial charge in [-0.15, -0.1) is 0 Å². The second kappa shape index (κ2) is 6.39. The molecule has 4 nitrogen and oxygen atoms in total. The van der Waals surface area contributed by atoms with Crippen molar-refractivity contribution in [2.24, 2.45) is 0 Å². The molecule has 11 heavy (non-hydrogen) atoms. The van der Waals surface area contributed by atoms with Crippen molar-refractivity contribution in [1.82, 2.24) is 4.90 Å². The van der Waals surface area contributed by atoms with Crippen molar-refractivity contribution in [3.05, 3.63) is 0 Å². The van der Waals surface area contributed by atoms with Gasteiger partial charge in [0.25, 0.3) is 10.1 Å². The Balaban J connectivity index is 0. The molecule has 0 spiro atoms. The van der Waals surface area contributed by atoms with Crippen LogP contribution >= 0.6 is 0 Å². The van der Waals surface area contributed by atoms with E-state index in [-0.39, 0.29) is 35.3 Å². The molecular formula is C5H14NNaO3S. The Morgan fingerprint density at radius 2 is 1.82 bits per heavy atom. The standard InChI is InChI=1S/C5H13NO3S.Na.H/c1-6(2)4-3-5-10(7,8)9;;/h3-5H2,1-2H3,(H,7,8,9);;. The fourth-order valence-corrected chi connectivity index (χ4v) is 1.06. The summed E-state index contributed by atoms with van der Waals surface area (Å²) >= 11 is 0. The Labute approximate surface area is 90.0 Å². The Morgan fingerprint density at radius 3 is 2.09 bits per heavy atom. The molecular weight excluding hydrogens is 177 g/mol. The third kappa shape index (κ3) is 13.8. The molecule has 64 valence electrons. The van der Waals surface area contributed by atoms with Gasteiger partial charge in [0.2, 0.25) is 0 Å². The van der Waals surface area contributed by atoms with Gasteiger partial charge in [-0.2, -0.15) is 8.42 Å². The molecule has 0 aliphatic heterocycles. The van der Waals surface area contributed by atoms with E-state index in [0.29, 0.717) is 13.0 Å². The van der Waals surface area contributed by atoms with Gasteiger partial charge in [-0.3, -0.25) is 4.55 Å². The number of hydrogen-bond donors (Lipinski definition) is 1. The molecule has 0 rings (SSSR count). The Morgan fingerprint density at radius 1 is 1.36 bits per heavy atom. The molecule has 0 aromatic carbocycles. The zero-order valence-corrected chi connectivity index (χ0v) is 7.06. The first kappa shape index (κ1) is 14.4. The van der Waals surface area contributed by atoms with Crippen LogP contribution in [-0.4, -0.2) is 73.8 Å². The monoisotopic (exact) mass is 191 g/mol. The average Bonchev–Trinajstić information content (AvgIpc) is 1.59. The molecule has 0 unspecified atom stereocenters. The Kier molecular flexibility index (Phi) is 8.37. The molecule has 0 aliphatic rings. The van der Waals surface area contributed by atoms with Crippen LogP contribution in [0.5, 0.6) is 0 Å². The van der Waals surface area contributed by atoms with E-state index in [0.717, 1.165) is 0 Å². The second-order valence-electron chi connectivity index (χ2n) is 2.44. The summed E-state index contributed by atoms with van der Waals surface area (Å²) in [6.45, 7) is 0.680. The third-order valence-electron chi connectivity index (χ3n) is 1.01. The van der Waals surface area contributed by atoms with Gasteiger partial charge in [0.1, 0.15) is 0 Å². The molecule has 0 heterocycles. The van der Waals surface area contributed by atoms with Crippen LogP contribution in [0.4, 0.5) is 0 Å². The zero-order chi connectivity index (χ0) is 8.20. The van der Waals surface area contributed by atoms with Gasteiger partial charge in [-0.25, -0.2) is 0 Å². The van der Waals surface area contributed by atoms with E-state index in [1.165, 1.54) is 0 Å². The minimum atomic E-state index is -3.75. The van der Waals surface area contributed by atoms with Crippen LogP contribution in [0.25, 0.3) is 0 Å². The van der Waals surface area contributed by atoms with Gasteiger partial charge in [-0.05, 0) is 27.1 Å². The van der Waals surface area contributed by atoms with Crippen LogP contribution < -0.4 is 0 Å². The van der Waals surface area contributed by atoms with E-state index in [9.17, 15) is 8.42 Å². The van der Waals surface area contributed by atoms with E-state index < -0.39 is 10.1 Å². The van der Waals surface area contributed by atoms with Crippen LogP contribution in [0, 0.1) is 0 Å². The van der Waals surface area contributed by atoms with E-state index in [2.05, 4.69) is 0 Å². The molecule has 0 aromatic rings. The van der Waals surface area contributed by atoms with E-state index in [4.69, 9.17) is 4.55 Å². The first-order chi connectivity index (χ1) is 4.42. The van der Waals surface area contributed by atoms with E-state index >= 15 is 0 Å². The van der Waals surface area contributed by atoms with Crippen molar-refractivity contribution >= 4 is 39.7 Å². The van der Waals surface area contributed by atoms with Gasteiger partial charge in [0, 0.05) is 0 Å². The van der Waals surface area contributed by atoms with Gasteiger partial charge in [-0.1, -0.05) is 0 Å². The summed E-state index contributed by atoms with van der Waals surface area (Å²) in [5, 5.41) is 0. The molecule has 0 saturated carbocycles. The molecule has 0 radical (unpaired) electrons. The predicted molar refractivity (Wildman–Crippen MR) is 46.7 cm³/mol. The van der Waals surface area contributed by atoms with Crippen LogP contribution in [-0.2, 0) is 10.1 Å². The minimum absolute atomic E-state index is 0. The summed E-state index contributed by atoms with van der Waals surface area (Å²) in [6.07, 6.45) is 0.478. The Bertz CT molecular complexity index is 178. The van der Waals surface area contributed by atoms with Gasteiger partial charge in [0.15, 0.2) is 0 Å². The average molecular weight is 191 g/mol. The maximum absolute atomic E-state index is 10.1. The van der Waals surface area contributed by atoms with Gasteiger partial charge >= 0.3 is 29.6 Å². The Hall–Kier alpha value is 0.870. The van der Waals surface area contributed by atoms with Crippen LogP contribution in [0.2, 0.25) is 0 Å². The normalized spacial score (nSPS) is 11.3. The van der Waals surface area contributed by atoms with Gasteiger partial charge < -0.3 is 4.90 Å². The summed E-state index contributed by atoms with van der Waals surface area (Å²) in [4.78, 5) is 1.87. The van der Waals surface area contributed by atoms with Crippen LogP contribution in [0.15, 0.2) is 0 Å². The molecule has 0 bridgehead atoms. The molecule has 6 heteroatoms. The maximum atomic E-state index is 10.1. The first-order valence-electron chi connectivity index (χ1n) is 3.02. The van der Waals surface area contributed by atoms with E-state index in [1.54, 1.807) is 0 Å². The summed E-state index contributed by atoms with van der Waals surface area (Å²) in [7, 11) is -0.0441. The van der Waals surface area contributed by atoms with Crippen molar-refractivity contribution in [2.45, 2.75) is 6.42 Å².